The monoisotopic (exact) mass is 766 g/mol. The SMILES string of the molecule is C[C@H](OC(=O)c1ccccc1)[C@H](O)CO.C[C@H](OC(=O)c1ccccc1)[C@H]1CO1.Cc1ccc(S(=O)(=O)OC[C@@H](O)[C@H](C)OC(=O)c2ccccc2)cc1. The van der Waals surface area contributed by atoms with Gasteiger partial charge in [-0.05, 0) is 76.2 Å². The van der Waals surface area contributed by atoms with Gasteiger partial charge in [0.15, 0.2) is 0 Å². The Bertz CT molecular complexity index is 1830. The number of esters is 3. The molecule has 1 fully saturated rings. The van der Waals surface area contributed by atoms with Crippen molar-refractivity contribution in [3.63, 3.8) is 0 Å². The van der Waals surface area contributed by atoms with Crippen LogP contribution in [0.15, 0.2) is 120 Å². The zero-order valence-corrected chi connectivity index (χ0v) is 31.2. The van der Waals surface area contributed by atoms with Gasteiger partial charge < -0.3 is 34.3 Å². The first kappa shape index (κ1) is 43.4. The highest BCUT2D eigenvalue weighted by atomic mass is 32.2. The fraction of sp³-hybridized carbons (Fsp3) is 0.325. The van der Waals surface area contributed by atoms with Crippen molar-refractivity contribution in [1.82, 2.24) is 0 Å². The highest BCUT2D eigenvalue weighted by molar-refractivity contribution is 7.86. The number of carbonyl (C=O) groups is 3. The minimum atomic E-state index is -3.99. The lowest BCUT2D eigenvalue weighted by atomic mass is 10.2. The van der Waals surface area contributed by atoms with Crippen LogP contribution in [-0.2, 0) is 33.2 Å². The third-order valence-electron chi connectivity index (χ3n) is 7.76. The van der Waals surface area contributed by atoms with Crippen molar-refractivity contribution in [3.8, 4) is 0 Å². The second kappa shape index (κ2) is 21.7. The molecule has 0 spiro atoms. The van der Waals surface area contributed by atoms with Crippen LogP contribution in [0.3, 0.4) is 0 Å². The average Bonchev–Trinajstić information content (AvgIpc) is 4.04. The molecular formula is C40H46O13S. The summed E-state index contributed by atoms with van der Waals surface area (Å²) in [5.74, 6) is -1.39. The van der Waals surface area contributed by atoms with E-state index in [0.717, 1.165) is 5.56 Å². The zero-order chi connectivity index (χ0) is 39.7. The summed E-state index contributed by atoms with van der Waals surface area (Å²) in [5, 5.41) is 27.8. The van der Waals surface area contributed by atoms with Crippen LogP contribution in [0.25, 0.3) is 0 Å². The molecule has 1 saturated heterocycles. The van der Waals surface area contributed by atoms with E-state index in [1.54, 1.807) is 84.9 Å². The molecule has 0 aliphatic carbocycles. The number of carbonyl (C=O) groups excluding carboxylic acids is 3. The minimum absolute atomic E-state index is 0.000710. The Balaban J connectivity index is 0.000000232. The van der Waals surface area contributed by atoms with Crippen molar-refractivity contribution in [1.29, 1.82) is 0 Å². The smallest absolute Gasteiger partial charge is 0.338 e. The van der Waals surface area contributed by atoms with E-state index in [2.05, 4.69) is 0 Å². The van der Waals surface area contributed by atoms with Crippen molar-refractivity contribution in [2.24, 2.45) is 0 Å². The number of aliphatic hydroxyl groups is 3. The first-order valence-electron chi connectivity index (χ1n) is 17.0. The predicted molar refractivity (Wildman–Crippen MR) is 197 cm³/mol. The summed E-state index contributed by atoms with van der Waals surface area (Å²) in [7, 11) is -3.99. The largest absolute Gasteiger partial charge is 0.456 e. The molecule has 4 aromatic rings. The molecule has 3 N–H and O–H groups in total. The van der Waals surface area contributed by atoms with E-state index in [0.29, 0.717) is 23.3 Å². The Hall–Kier alpha value is -4.96. The molecule has 54 heavy (non-hydrogen) atoms. The topological polar surface area (TPSA) is 195 Å². The van der Waals surface area contributed by atoms with Crippen LogP contribution in [0.5, 0.6) is 0 Å². The molecule has 5 rings (SSSR count). The van der Waals surface area contributed by atoms with Gasteiger partial charge in [-0.15, -0.1) is 0 Å². The van der Waals surface area contributed by atoms with Gasteiger partial charge in [0.25, 0.3) is 10.1 Å². The molecule has 1 heterocycles. The van der Waals surface area contributed by atoms with E-state index in [1.165, 1.54) is 26.0 Å². The average molecular weight is 767 g/mol. The van der Waals surface area contributed by atoms with Crippen molar-refractivity contribution in [3.05, 3.63) is 138 Å². The van der Waals surface area contributed by atoms with Crippen molar-refractivity contribution in [2.45, 2.75) is 69.2 Å². The number of rotatable bonds is 14. The number of hydrogen-bond acceptors (Lipinski definition) is 13. The van der Waals surface area contributed by atoms with Crippen LogP contribution in [0.4, 0.5) is 0 Å². The molecule has 13 nitrogen and oxygen atoms in total. The Labute approximate surface area is 315 Å². The molecule has 290 valence electrons. The van der Waals surface area contributed by atoms with Crippen LogP contribution in [0.2, 0.25) is 0 Å². The van der Waals surface area contributed by atoms with Gasteiger partial charge in [0.1, 0.15) is 36.6 Å². The summed E-state index contributed by atoms with van der Waals surface area (Å²) < 4.78 is 49.3. The Morgan fingerprint density at radius 1 is 0.667 bits per heavy atom. The van der Waals surface area contributed by atoms with E-state index in [-0.39, 0.29) is 23.1 Å². The third kappa shape index (κ3) is 14.8. The molecule has 1 aliphatic rings. The standard InChI is InChI=1S/C18H20O6S.C11H14O4.C11H12O3/c1-13-8-10-16(11-9-13)25(21,22)23-12-17(19)14(2)24-18(20)15-6-4-3-5-7-15;1-8(10(13)7-12)15-11(14)9-5-3-2-4-6-9;1-8(10-7-13-10)14-11(12)9-5-3-2-4-6-9/h3-11,14,17,19H,12H2,1-2H3;2-6,8,10,12-13H,7H2,1H3;2-6,8,10H,7H2,1H3/t14-,17+;2*8-,10+/m000/s1. The van der Waals surface area contributed by atoms with E-state index in [9.17, 15) is 33.0 Å². The highest BCUT2D eigenvalue weighted by Gasteiger charge is 2.32. The summed E-state index contributed by atoms with van der Waals surface area (Å²) in [6.45, 7) is 6.43. The number of epoxide rings is 1. The second-order valence-corrected chi connectivity index (χ2v) is 13.8. The molecule has 0 aromatic heterocycles. The van der Waals surface area contributed by atoms with E-state index in [4.69, 9.17) is 28.2 Å². The minimum Gasteiger partial charge on any atom is -0.456 e. The maximum absolute atomic E-state index is 12.1. The summed E-state index contributed by atoms with van der Waals surface area (Å²) in [6, 6.07) is 31.9. The third-order valence-corrected chi connectivity index (χ3v) is 9.06. The number of aliphatic hydroxyl groups excluding tert-OH is 3. The molecule has 14 heteroatoms. The molecule has 1 aliphatic heterocycles. The molecular weight excluding hydrogens is 720 g/mol. The quantitative estimate of drug-likeness (QED) is 0.0702. The second-order valence-electron chi connectivity index (χ2n) is 12.2. The van der Waals surface area contributed by atoms with Gasteiger partial charge in [0, 0.05) is 0 Å². The Kier molecular flexibility index (Phi) is 17.4. The maximum atomic E-state index is 12.1. The first-order valence-corrected chi connectivity index (χ1v) is 18.5. The number of aryl methyl sites for hydroxylation is 1. The fourth-order valence-electron chi connectivity index (χ4n) is 4.21. The maximum Gasteiger partial charge on any atom is 0.338 e. The summed E-state index contributed by atoms with van der Waals surface area (Å²) in [6.07, 6.45) is -4.03. The fourth-order valence-corrected chi connectivity index (χ4v) is 5.13. The van der Waals surface area contributed by atoms with Gasteiger partial charge in [0.05, 0.1) is 41.4 Å². The van der Waals surface area contributed by atoms with Gasteiger partial charge >= 0.3 is 17.9 Å². The molecule has 0 radical (unpaired) electrons. The Morgan fingerprint density at radius 2 is 1.06 bits per heavy atom. The predicted octanol–water partition coefficient (Wildman–Crippen LogP) is 4.52. The summed E-state index contributed by atoms with van der Waals surface area (Å²) in [4.78, 5) is 34.9. The zero-order valence-electron chi connectivity index (χ0n) is 30.4. The van der Waals surface area contributed by atoms with Crippen LogP contribution in [0, 0.1) is 6.92 Å². The van der Waals surface area contributed by atoms with Gasteiger partial charge in [-0.3, -0.25) is 4.18 Å². The van der Waals surface area contributed by atoms with Crippen LogP contribution in [0.1, 0.15) is 57.4 Å². The molecule has 0 saturated carbocycles. The van der Waals surface area contributed by atoms with Crippen molar-refractivity contribution in [2.75, 3.05) is 19.8 Å². The lowest BCUT2D eigenvalue weighted by Gasteiger charge is -2.19. The van der Waals surface area contributed by atoms with E-state index < -0.39 is 59.7 Å². The Morgan fingerprint density at radius 3 is 1.44 bits per heavy atom. The number of benzene rings is 4. The van der Waals surface area contributed by atoms with Crippen LogP contribution < -0.4 is 0 Å². The van der Waals surface area contributed by atoms with E-state index in [1.807, 2.05) is 32.0 Å². The normalized spacial score (nSPS) is 15.9. The number of ether oxygens (including phenoxy) is 4. The summed E-state index contributed by atoms with van der Waals surface area (Å²) in [5.41, 5.74) is 2.27. The van der Waals surface area contributed by atoms with E-state index >= 15 is 0 Å². The molecule has 4 aromatic carbocycles. The lowest BCUT2D eigenvalue weighted by molar-refractivity contribution is -0.0294. The summed E-state index contributed by atoms with van der Waals surface area (Å²) >= 11 is 0. The van der Waals surface area contributed by atoms with Gasteiger partial charge in [0.2, 0.25) is 0 Å². The molecule has 0 bridgehead atoms. The van der Waals surface area contributed by atoms with Crippen LogP contribution >= 0.6 is 0 Å². The first-order chi connectivity index (χ1) is 25.7. The van der Waals surface area contributed by atoms with Crippen molar-refractivity contribution >= 4 is 28.0 Å². The molecule has 0 amide bonds. The van der Waals surface area contributed by atoms with Gasteiger partial charge in [-0.1, -0.05) is 72.3 Å². The molecule has 0 unspecified atom stereocenters. The number of hydrogen-bond donors (Lipinski definition) is 3. The highest BCUT2D eigenvalue weighted by Crippen LogP contribution is 2.18. The van der Waals surface area contributed by atoms with Crippen molar-refractivity contribution < 1.29 is 61.3 Å². The molecule has 6 atom stereocenters. The lowest BCUT2D eigenvalue weighted by Crippen LogP contribution is -2.33. The van der Waals surface area contributed by atoms with Crippen LogP contribution in [-0.4, -0.2) is 98.1 Å². The van der Waals surface area contributed by atoms with Gasteiger partial charge in [-0.2, -0.15) is 8.42 Å². The van der Waals surface area contributed by atoms with Gasteiger partial charge in [-0.25, -0.2) is 14.4 Å².